The van der Waals surface area contributed by atoms with E-state index < -0.39 is 24.1 Å². The zero-order valence-electron chi connectivity index (χ0n) is 10.4. The fourth-order valence-corrected chi connectivity index (χ4v) is 2.26. The summed E-state index contributed by atoms with van der Waals surface area (Å²) in [6.45, 7) is 1.80. The number of rotatable bonds is 5. The monoisotopic (exact) mass is 268 g/mol. The molecule has 1 aliphatic heterocycles. The Kier molecular flexibility index (Phi) is 5.40. The highest BCUT2D eigenvalue weighted by Crippen LogP contribution is 2.31. The molecule has 1 atom stereocenters. The summed E-state index contributed by atoms with van der Waals surface area (Å²) in [6.07, 6.45) is -1.48. The molecule has 18 heavy (non-hydrogen) atoms. The molecule has 1 aliphatic rings. The van der Waals surface area contributed by atoms with Gasteiger partial charge < -0.3 is 5.32 Å². The number of nitrogens with one attached hydrogen (secondary N) is 2. The standard InChI is InChI=1S/C11H19F3N2O2/c1-2-4-10(5-3-6-15-7-10)9(17)16-18-8-11(12,13)14/h15H,2-8H2,1H3,(H,16,17). The molecule has 1 rings (SSSR count). The van der Waals surface area contributed by atoms with E-state index in [2.05, 4.69) is 10.2 Å². The average molecular weight is 268 g/mol. The minimum absolute atomic E-state index is 0.458. The van der Waals surface area contributed by atoms with Crippen molar-refractivity contribution in [3.05, 3.63) is 0 Å². The summed E-state index contributed by atoms with van der Waals surface area (Å²) in [7, 11) is 0. The van der Waals surface area contributed by atoms with Gasteiger partial charge in [0.25, 0.3) is 5.91 Å². The Labute approximate surface area is 104 Å². The van der Waals surface area contributed by atoms with E-state index in [0.717, 1.165) is 19.4 Å². The Hall–Kier alpha value is -0.820. The van der Waals surface area contributed by atoms with Gasteiger partial charge in [0.1, 0.15) is 0 Å². The first-order valence-electron chi connectivity index (χ1n) is 6.09. The molecule has 4 nitrogen and oxygen atoms in total. The highest BCUT2D eigenvalue weighted by molar-refractivity contribution is 5.82. The lowest BCUT2D eigenvalue weighted by molar-refractivity contribution is -0.195. The number of carbonyl (C=O) groups is 1. The molecule has 0 aromatic carbocycles. The molecule has 1 unspecified atom stereocenters. The Morgan fingerprint density at radius 3 is 2.72 bits per heavy atom. The summed E-state index contributed by atoms with van der Waals surface area (Å²) in [5.74, 6) is -0.458. The van der Waals surface area contributed by atoms with E-state index in [4.69, 9.17) is 0 Å². The van der Waals surface area contributed by atoms with Crippen LogP contribution in [0.25, 0.3) is 0 Å². The first-order valence-corrected chi connectivity index (χ1v) is 6.09. The third-order valence-corrected chi connectivity index (χ3v) is 3.08. The second kappa shape index (κ2) is 6.38. The van der Waals surface area contributed by atoms with Crippen LogP contribution in [0.15, 0.2) is 0 Å². The van der Waals surface area contributed by atoms with Crippen molar-refractivity contribution in [2.45, 2.75) is 38.8 Å². The van der Waals surface area contributed by atoms with Gasteiger partial charge in [0.15, 0.2) is 6.61 Å². The maximum Gasteiger partial charge on any atom is 0.414 e. The SMILES string of the molecule is CCCC1(C(=O)NOCC(F)(F)F)CCCNC1. The lowest BCUT2D eigenvalue weighted by Gasteiger charge is -2.35. The summed E-state index contributed by atoms with van der Waals surface area (Å²) in [4.78, 5) is 16.2. The van der Waals surface area contributed by atoms with Gasteiger partial charge in [-0.05, 0) is 25.8 Å². The number of halogens is 3. The average Bonchev–Trinajstić information content (AvgIpc) is 2.29. The molecule has 0 radical (unpaired) electrons. The second-order valence-corrected chi connectivity index (χ2v) is 4.65. The van der Waals surface area contributed by atoms with E-state index in [9.17, 15) is 18.0 Å². The van der Waals surface area contributed by atoms with Crippen LogP contribution in [0.5, 0.6) is 0 Å². The van der Waals surface area contributed by atoms with E-state index in [0.29, 0.717) is 19.4 Å². The second-order valence-electron chi connectivity index (χ2n) is 4.65. The summed E-state index contributed by atoms with van der Waals surface area (Å²) in [5.41, 5.74) is 1.30. The number of carbonyl (C=O) groups excluding carboxylic acids is 1. The Balaban J connectivity index is 2.49. The van der Waals surface area contributed by atoms with E-state index in [1.165, 1.54) is 0 Å². The minimum Gasteiger partial charge on any atom is -0.316 e. The van der Waals surface area contributed by atoms with Crippen molar-refractivity contribution in [3.63, 3.8) is 0 Å². The van der Waals surface area contributed by atoms with Gasteiger partial charge in [-0.25, -0.2) is 5.48 Å². The van der Waals surface area contributed by atoms with Crippen LogP contribution in [0.4, 0.5) is 13.2 Å². The molecule has 0 aliphatic carbocycles. The molecule has 1 fully saturated rings. The maximum absolute atomic E-state index is 12.0. The molecule has 0 spiro atoms. The number of alkyl halides is 3. The fourth-order valence-electron chi connectivity index (χ4n) is 2.26. The van der Waals surface area contributed by atoms with Crippen molar-refractivity contribution < 1.29 is 22.8 Å². The highest BCUT2D eigenvalue weighted by Gasteiger charge is 2.39. The van der Waals surface area contributed by atoms with E-state index >= 15 is 0 Å². The molecule has 7 heteroatoms. The van der Waals surface area contributed by atoms with Crippen LogP contribution in [-0.2, 0) is 9.63 Å². The predicted molar refractivity (Wildman–Crippen MR) is 59.6 cm³/mol. The largest absolute Gasteiger partial charge is 0.414 e. The lowest BCUT2D eigenvalue weighted by Crippen LogP contribution is -2.50. The summed E-state index contributed by atoms with van der Waals surface area (Å²) < 4.78 is 35.7. The van der Waals surface area contributed by atoms with Gasteiger partial charge in [0, 0.05) is 6.54 Å². The summed E-state index contributed by atoms with van der Waals surface area (Å²) in [5, 5.41) is 3.11. The third-order valence-electron chi connectivity index (χ3n) is 3.08. The van der Waals surface area contributed by atoms with Crippen molar-refractivity contribution in [1.29, 1.82) is 0 Å². The highest BCUT2D eigenvalue weighted by atomic mass is 19.4. The number of hydroxylamine groups is 1. The minimum atomic E-state index is -4.43. The number of hydrogen-bond donors (Lipinski definition) is 2. The van der Waals surface area contributed by atoms with Gasteiger partial charge in [0.05, 0.1) is 5.41 Å². The number of piperidine rings is 1. The van der Waals surface area contributed by atoms with Crippen molar-refractivity contribution in [2.24, 2.45) is 5.41 Å². The molecule has 0 bridgehead atoms. The summed E-state index contributed by atoms with van der Waals surface area (Å²) in [6, 6.07) is 0. The third kappa shape index (κ3) is 4.45. The molecule has 106 valence electrons. The molecule has 1 saturated heterocycles. The Morgan fingerprint density at radius 2 is 2.22 bits per heavy atom. The van der Waals surface area contributed by atoms with Crippen LogP contribution in [0.3, 0.4) is 0 Å². The molecule has 2 N–H and O–H groups in total. The van der Waals surface area contributed by atoms with Crippen molar-refractivity contribution in [2.75, 3.05) is 19.7 Å². The first kappa shape index (κ1) is 15.2. The topological polar surface area (TPSA) is 50.4 Å². The maximum atomic E-state index is 12.0. The zero-order valence-corrected chi connectivity index (χ0v) is 10.4. The molecule has 0 aromatic heterocycles. The number of amides is 1. The predicted octanol–water partition coefficient (Wildman–Crippen LogP) is 1.77. The Morgan fingerprint density at radius 1 is 1.50 bits per heavy atom. The van der Waals surface area contributed by atoms with Crippen LogP contribution >= 0.6 is 0 Å². The van der Waals surface area contributed by atoms with Crippen LogP contribution < -0.4 is 10.8 Å². The first-order chi connectivity index (χ1) is 8.40. The molecule has 0 aromatic rings. The van der Waals surface area contributed by atoms with Gasteiger partial charge in [-0.1, -0.05) is 13.3 Å². The zero-order chi connectivity index (χ0) is 13.6. The lowest BCUT2D eigenvalue weighted by atomic mass is 9.76. The fraction of sp³-hybridized carbons (Fsp3) is 0.909. The number of hydrogen-bond acceptors (Lipinski definition) is 3. The van der Waals surface area contributed by atoms with Gasteiger partial charge in [-0.2, -0.15) is 13.2 Å². The van der Waals surface area contributed by atoms with Crippen molar-refractivity contribution >= 4 is 5.91 Å². The summed E-state index contributed by atoms with van der Waals surface area (Å²) >= 11 is 0. The molecule has 1 amide bonds. The van der Waals surface area contributed by atoms with Crippen LogP contribution in [0, 0.1) is 5.41 Å². The normalized spacial score (nSPS) is 24.9. The van der Waals surface area contributed by atoms with Crippen LogP contribution in [0.1, 0.15) is 32.6 Å². The van der Waals surface area contributed by atoms with Gasteiger partial charge in [-0.3, -0.25) is 9.63 Å². The van der Waals surface area contributed by atoms with E-state index in [-0.39, 0.29) is 0 Å². The smallest absolute Gasteiger partial charge is 0.316 e. The van der Waals surface area contributed by atoms with E-state index in [1.54, 1.807) is 0 Å². The van der Waals surface area contributed by atoms with Gasteiger partial charge >= 0.3 is 6.18 Å². The Bertz CT molecular complexity index is 270. The van der Waals surface area contributed by atoms with Gasteiger partial charge in [-0.15, -0.1) is 0 Å². The van der Waals surface area contributed by atoms with Crippen molar-refractivity contribution in [3.8, 4) is 0 Å². The van der Waals surface area contributed by atoms with Crippen LogP contribution in [-0.4, -0.2) is 31.8 Å². The quantitative estimate of drug-likeness (QED) is 0.747. The molecular weight excluding hydrogens is 249 g/mol. The van der Waals surface area contributed by atoms with Crippen LogP contribution in [0.2, 0.25) is 0 Å². The van der Waals surface area contributed by atoms with Gasteiger partial charge in [0.2, 0.25) is 0 Å². The van der Waals surface area contributed by atoms with Crippen molar-refractivity contribution in [1.82, 2.24) is 10.8 Å². The molecule has 0 saturated carbocycles. The molecule has 1 heterocycles. The molecular formula is C11H19F3N2O2. The van der Waals surface area contributed by atoms with E-state index in [1.807, 2.05) is 12.4 Å².